The SMILES string of the molecule is COC(=O)c1cc(Cl)cc2c1C(C)OC(C)(C1CCC(c3ccccn3)CC1)O2. The molecule has 2 aromatic rings. The van der Waals surface area contributed by atoms with Crippen LogP contribution >= 0.6 is 11.6 Å². The van der Waals surface area contributed by atoms with Gasteiger partial charge < -0.3 is 14.2 Å². The maximum atomic E-state index is 12.2. The summed E-state index contributed by atoms with van der Waals surface area (Å²) in [5, 5.41) is 0.444. The molecule has 0 amide bonds. The number of rotatable bonds is 3. The Balaban J connectivity index is 1.55. The molecule has 6 heteroatoms. The van der Waals surface area contributed by atoms with Crippen LogP contribution in [0.15, 0.2) is 36.5 Å². The highest BCUT2D eigenvalue weighted by Gasteiger charge is 2.46. The summed E-state index contributed by atoms with van der Waals surface area (Å²) in [4.78, 5) is 16.7. The molecule has 2 heterocycles. The molecule has 29 heavy (non-hydrogen) atoms. The van der Waals surface area contributed by atoms with Gasteiger partial charge in [-0.1, -0.05) is 17.7 Å². The molecule has 154 valence electrons. The second-order valence-electron chi connectivity index (χ2n) is 8.04. The zero-order valence-electron chi connectivity index (χ0n) is 17.0. The van der Waals surface area contributed by atoms with E-state index in [1.807, 2.05) is 32.2 Å². The molecule has 0 spiro atoms. The number of hydrogen-bond acceptors (Lipinski definition) is 5. The minimum Gasteiger partial charge on any atom is -0.465 e. The van der Waals surface area contributed by atoms with Crippen molar-refractivity contribution in [3.63, 3.8) is 0 Å². The number of hydrogen-bond donors (Lipinski definition) is 0. The van der Waals surface area contributed by atoms with Gasteiger partial charge in [-0.2, -0.15) is 0 Å². The normalized spacial score (nSPS) is 28.9. The zero-order chi connectivity index (χ0) is 20.6. The van der Waals surface area contributed by atoms with Crippen LogP contribution in [0.5, 0.6) is 5.75 Å². The van der Waals surface area contributed by atoms with Crippen LogP contribution in [0.1, 0.15) is 73.2 Å². The number of esters is 1. The summed E-state index contributed by atoms with van der Waals surface area (Å²) in [6, 6.07) is 9.47. The van der Waals surface area contributed by atoms with Gasteiger partial charge in [-0.3, -0.25) is 4.98 Å². The van der Waals surface area contributed by atoms with Crippen LogP contribution in [0.4, 0.5) is 0 Å². The van der Waals surface area contributed by atoms with Crippen LogP contribution in [0.25, 0.3) is 0 Å². The molecule has 1 aliphatic heterocycles. The Kier molecular flexibility index (Phi) is 5.54. The number of fused-ring (bicyclic) bond motifs is 1. The number of ether oxygens (including phenoxy) is 3. The van der Waals surface area contributed by atoms with Gasteiger partial charge in [0, 0.05) is 41.2 Å². The van der Waals surface area contributed by atoms with Crippen molar-refractivity contribution in [1.29, 1.82) is 0 Å². The summed E-state index contributed by atoms with van der Waals surface area (Å²) in [6.45, 7) is 3.94. The summed E-state index contributed by atoms with van der Waals surface area (Å²) >= 11 is 6.26. The second kappa shape index (κ2) is 7.96. The molecule has 4 rings (SSSR count). The van der Waals surface area contributed by atoms with Crippen LogP contribution in [-0.4, -0.2) is 23.9 Å². The lowest BCUT2D eigenvalue weighted by atomic mass is 9.76. The van der Waals surface area contributed by atoms with E-state index < -0.39 is 11.8 Å². The minimum absolute atomic E-state index is 0.249. The minimum atomic E-state index is -0.764. The van der Waals surface area contributed by atoms with Crippen molar-refractivity contribution < 1.29 is 19.0 Å². The fourth-order valence-electron chi connectivity index (χ4n) is 4.74. The number of pyridine rings is 1. The molecule has 2 aliphatic rings. The van der Waals surface area contributed by atoms with Gasteiger partial charge in [0.1, 0.15) is 5.75 Å². The number of carbonyl (C=O) groups excluding carboxylic acids is 1. The largest absolute Gasteiger partial charge is 0.465 e. The van der Waals surface area contributed by atoms with Crippen LogP contribution in [0, 0.1) is 5.92 Å². The van der Waals surface area contributed by atoms with Crippen LogP contribution in [-0.2, 0) is 9.47 Å². The van der Waals surface area contributed by atoms with E-state index in [0.717, 1.165) is 31.4 Å². The predicted octanol–water partition coefficient (Wildman–Crippen LogP) is 5.68. The van der Waals surface area contributed by atoms with E-state index in [9.17, 15) is 4.79 Å². The average molecular weight is 416 g/mol. The van der Waals surface area contributed by atoms with Crippen LogP contribution in [0.3, 0.4) is 0 Å². The van der Waals surface area contributed by atoms with Gasteiger partial charge >= 0.3 is 5.97 Å². The topological polar surface area (TPSA) is 57.7 Å². The molecule has 0 N–H and O–H groups in total. The molecule has 0 radical (unpaired) electrons. The zero-order valence-corrected chi connectivity index (χ0v) is 17.7. The van der Waals surface area contributed by atoms with Crippen molar-refractivity contribution in [2.45, 2.75) is 57.3 Å². The summed E-state index contributed by atoms with van der Waals surface area (Å²) in [7, 11) is 1.36. The van der Waals surface area contributed by atoms with Crippen molar-refractivity contribution in [2.75, 3.05) is 7.11 Å². The smallest absolute Gasteiger partial charge is 0.338 e. The third kappa shape index (κ3) is 3.86. The van der Waals surface area contributed by atoms with E-state index in [1.165, 1.54) is 7.11 Å². The molecule has 0 saturated heterocycles. The second-order valence-corrected chi connectivity index (χ2v) is 8.47. The Hall–Kier alpha value is -2.11. The van der Waals surface area contributed by atoms with E-state index in [2.05, 4.69) is 11.1 Å². The van der Waals surface area contributed by atoms with Gasteiger partial charge in [0.25, 0.3) is 0 Å². The van der Waals surface area contributed by atoms with Crippen molar-refractivity contribution in [1.82, 2.24) is 4.98 Å². The van der Waals surface area contributed by atoms with Gasteiger partial charge in [0.05, 0.1) is 18.8 Å². The fourth-order valence-corrected chi connectivity index (χ4v) is 4.95. The third-order valence-electron chi connectivity index (χ3n) is 6.22. The first-order chi connectivity index (χ1) is 13.9. The molecule has 1 aromatic heterocycles. The highest BCUT2D eigenvalue weighted by molar-refractivity contribution is 6.31. The molecule has 5 nitrogen and oxygen atoms in total. The Bertz CT molecular complexity index is 895. The summed E-state index contributed by atoms with van der Waals surface area (Å²) in [6.07, 6.45) is 5.64. The standard InChI is InChI=1S/C23H26ClNO4/c1-14-21-18(22(26)27-3)12-17(24)13-20(21)29-23(2,28-14)16-9-7-15(8-10-16)19-6-4-5-11-25-19/h4-6,11-16H,7-10H2,1-3H3. The first-order valence-corrected chi connectivity index (χ1v) is 10.5. The first kappa shape index (κ1) is 20.2. The summed E-state index contributed by atoms with van der Waals surface area (Å²) in [5.74, 6) is 0.121. The van der Waals surface area contributed by atoms with Crippen LogP contribution < -0.4 is 4.74 Å². The van der Waals surface area contributed by atoms with Crippen molar-refractivity contribution >= 4 is 17.6 Å². The molecule has 2 unspecified atom stereocenters. The maximum absolute atomic E-state index is 12.2. The van der Waals surface area contributed by atoms with E-state index >= 15 is 0 Å². The maximum Gasteiger partial charge on any atom is 0.338 e. The van der Waals surface area contributed by atoms with Crippen LogP contribution in [0.2, 0.25) is 5.02 Å². The third-order valence-corrected chi connectivity index (χ3v) is 6.44. The molecule has 1 fully saturated rings. The van der Waals surface area contributed by atoms with E-state index in [-0.39, 0.29) is 12.0 Å². The quantitative estimate of drug-likeness (QED) is 0.603. The average Bonchev–Trinajstić information content (AvgIpc) is 2.73. The van der Waals surface area contributed by atoms with Gasteiger partial charge in [0.15, 0.2) is 0 Å². The molecule has 2 atom stereocenters. The number of carbonyl (C=O) groups is 1. The number of nitrogens with zero attached hydrogens (tertiary/aromatic N) is 1. The van der Waals surface area contributed by atoms with Crippen molar-refractivity contribution in [3.8, 4) is 5.75 Å². The van der Waals surface area contributed by atoms with Gasteiger partial charge in [-0.05, 0) is 56.9 Å². The lowest BCUT2D eigenvalue weighted by Gasteiger charge is -2.46. The Morgan fingerprint density at radius 3 is 2.66 bits per heavy atom. The highest BCUT2D eigenvalue weighted by atomic mass is 35.5. The molecule has 1 saturated carbocycles. The molecule has 0 bridgehead atoms. The summed E-state index contributed by atoms with van der Waals surface area (Å²) < 4.78 is 17.6. The van der Waals surface area contributed by atoms with Gasteiger partial charge in [0.2, 0.25) is 5.79 Å². The number of halogens is 1. The lowest BCUT2D eigenvalue weighted by Crippen LogP contribution is -2.48. The number of methoxy groups -OCH3 is 1. The fraction of sp³-hybridized carbons (Fsp3) is 0.478. The molecular formula is C23H26ClNO4. The Morgan fingerprint density at radius 1 is 1.24 bits per heavy atom. The number of aromatic nitrogens is 1. The highest BCUT2D eigenvalue weighted by Crippen LogP contribution is 2.49. The number of benzene rings is 1. The molecular weight excluding hydrogens is 390 g/mol. The van der Waals surface area contributed by atoms with Crippen molar-refractivity contribution in [2.24, 2.45) is 5.92 Å². The molecule has 1 aliphatic carbocycles. The van der Waals surface area contributed by atoms with Gasteiger partial charge in [-0.15, -0.1) is 0 Å². The Morgan fingerprint density at radius 2 is 2.00 bits per heavy atom. The monoisotopic (exact) mass is 415 g/mol. The van der Waals surface area contributed by atoms with E-state index in [0.29, 0.717) is 27.8 Å². The first-order valence-electron chi connectivity index (χ1n) is 10.1. The Labute approximate surface area is 176 Å². The summed E-state index contributed by atoms with van der Waals surface area (Å²) in [5.41, 5.74) is 2.25. The lowest BCUT2D eigenvalue weighted by molar-refractivity contribution is -0.249. The predicted molar refractivity (Wildman–Crippen MR) is 110 cm³/mol. The van der Waals surface area contributed by atoms with E-state index in [1.54, 1.807) is 12.1 Å². The van der Waals surface area contributed by atoms with Crippen molar-refractivity contribution in [3.05, 3.63) is 58.4 Å². The van der Waals surface area contributed by atoms with E-state index in [4.69, 9.17) is 25.8 Å². The van der Waals surface area contributed by atoms with Gasteiger partial charge in [-0.25, -0.2) is 4.79 Å². The molecule has 1 aromatic carbocycles.